The van der Waals surface area contributed by atoms with Gasteiger partial charge in [-0.05, 0) is 18.1 Å². The van der Waals surface area contributed by atoms with Crippen LogP contribution in [0.4, 0.5) is 0 Å². The fourth-order valence-corrected chi connectivity index (χ4v) is 1.61. The van der Waals surface area contributed by atoms with Crippen LogP contribution in [0.1, 0.15) is 20.8 Å². The Balaban J connectivity index is 3.88. The zero-order valence-electron chi connectivity index (χ0n) is 8.77. The van der Waals surface area contributed by atoms with Gasteiger partial charge in [0.25, 0.3) is 0 Å². The van der Waals surface area contributed by atoms with E-state index in [1.807, 2.05) is 0 Å². The molecule has 0 saturated carbocycles. The molecule has 12 heavy (non-hydrogen) atoms. The summed E-state index contributed by atoms with van der Waals surface area (Å²) in [7, 11) is -1.59. The molecular weight excluding hydrogens is 170 g/mol. The van der Waals surface area contributed by atoms with Gasteiger partial charge in [0.05, 0.1) is 0 Å². The topological polar surface area (TPSA) is 41.5 Å². The van der Waals surface area contributed by atoms with Gasteiger partial charge in [-0.1, -0.05) is 20.8 Å². The Kier molecular flexibility index (Phi) is 4.40. The van der Waals surface area contributed by atoms with Crippen LogP contribution < -0.4 is 5.48 Å². The van der Waals surface area contributed by atoms with Gasteiger partial charge in [0.15, 0.2) is 8.32 Å². The molecule has 0 aromatic heterocycles. The quantitative estimate of drug-likeness (QED) is 0.406. The average molecular weight is 191 g/mol. The highest BCUT2D eigenvalue weighted by Gasteiger charge is 2.36. The third-order valence-corrected chi connectivity index (χ3v) is 7.02. The smallest absolute Gasteiger partial charge is 0.192 e. The summed E-state index contributed by atoms with van der Waals surface area (Å²) in [5.41, 5.74) is 2.09. The molecule has 74 valence electrons. The van der Waals surface area contributed by atoms with Crippen LogP contribution >= 0.6 is 0 Å². The molecule has 4 heteroatoms. The van der Waals surface area contributed by atoms with E-state index in [2.05, 4.69) is 39.3 Å². The van der Waals surface area contributed by atoms with Gasteiger partial charge in [0, 0.05) is 13.2 Å². The van der Waals surface area contributed by atoms with Crippen molar-refractivity contribution in [3.63, 3.8) is 0 Å². The van der Waals surface area contributed by atoms with Gasteiger partial charge in [-0.3, -0.25) is 0 Å². The summed E-state index contributed by atoms with van der Waals surface area (Å²) in [5, 5.41) is 8.60. The third kappa shape index (κ3) is 3.67. The molecule has 0 unspecified atom stereocenters. The second kappa shape index (κ2) is 4.37. The maximum atomic E-state index is 8.35. The molecule has 0 amide bonds. The van der Waals surface area contributed by atoms with Gasteiger partial charge < -0.3 is 9.63 Å². The summed E-state index contributed by atoms with van der Waals surface area (Å²) < 4.78 is 5.75. The van der Waals surface area contributed by atoms with E-state index >= 15 is 0 Å². The van der Waals surface area contributed by atoms with Crippen molar-refractivity contribution in [3.8, 4) is 0 Å². The van der Waals surface area contributed by atoms with Gasteiger partial charge in [0.1, 0.15) is 0 Å². The zero-order chi connectivity index (χ0) is 9.83. The molecule has 0 fully saturated rings. The Morgan fingerprint density at radius 2 is 1.83 bits per heavy atom. The number of hydroxylamine groups is 1. The van der Waals surface area contributed by atoms with E-state index < -0.39 is 8.32 Å². The van der Waals surface area contributed by atoms with Crippen LogP contribution in [-0.2, 0) is 4.43 Å². The predicted molar refractivity (Wildman–Crippen MR) is 52.9 cm³/mol. The number of hydrogen-bond donors (Lipinski definition) is 2. The predicted octanol–water partition coefficient (Wildman–Crippen LogP) is 1.99. The Bertz CT molecular complexity index is 132. The summed E-state index contributed by atoms with van der Waals surface area (Å²) in [4.78, 5) is 0. The molecule has 0 saturated heterocycles. The van der Waals surface area contributed by atoms with Crippen molar-refractivity contribution in [1.29, 1.82) is 0 Å². The maximum Gasteiger partial charge on any atom is 0.192 e. The normalized spacial score (nSPS) is 13.5. The van der Waals surface area contributed by atoms with E-state index in [-0.39, 0.29) is 5.04 Å². The molecule has 0 rings (SSSR count). The zero-order valence-corrected chi connectivity index (χ0v) is 9.77. The molecule has 0 aliphatic rings. The van der Waals surface area contributed by atoms with Crippen LogP contribution in [0.2, 0.25) is 18.1 Å². The SMILES string of the molecule is CC(C)(C)[Si](C)(C)OCCNO. The van der Waals surface area contributed by atoms with E-state index in [0.29, 0.717) is 13.2 Å². The summed E-state index contributed by atoms with van der Waals surface area (Å²) >= 11 is 0. The third-order valence-electron chi connectivity index (χ3n) is 2.48. The van der Waals surface area contributed by atoms with Gasteiger partial charge in [-0.15, -0.1) is 0 Å². The standard InChI is InChI=1S/C8H21NO2Si/c1-8(2,3)12(4,5)11-7-6-9-10/h9-10H,6-7H2,1-5H3. The van der Waals surface area contributed by atoms with Crippen molar-refractivity contribution in [3.05, 3.63) is 0 Å². The van der Waals surface area contributed by atoms with Gasteiger partial charge >= 0.3 is 0 Å². The Labute approximate surface area is 76.2 Å². The van der Waals surface area contributed by atoms with Crippen molar-refractivity contribution in [2.45, 2.75) is 38.9 Å². The lowest BCUT2D eigenvalue weighted by atomic mass is 10.2. The molecule has 2 N–H and O–H groups in total. The van der Waals surface area contributed by atoms with Crippen molar-refractivity contribution in [2.75, 3.05) is 13.2 Å². The van der Waals surface area contributed by atoms with Crippen LogP contribution in [0, 0.1) is 0 Å². The lowest BCUT2D eigenvalue weighted by molar-refractivity contribution is 0.142. The first-order valence-electron chi connectivity index (χ1n) is 4.32. The van der Waals surface area contributed by atoms with Gasteiger partial charge in [0.2, 0.25) is 0 Å². The second-order valence-electron chi connectivity index (χ2n) is 4.52. The van der Waals surface area contributed by atoms with Gasteiger partial charge in [-0.2, -0.15) is 0 Å². The van der Waals surface area contributed by atoms with Crippen molar-refractivity contribution < 1.29 is 9.63 Å². The van der Waals surface area contributed by atoms with E-state index in [4.69, 9.17) is 9.63 Å². The first kappa shape index (κ1) is 12.1. The van der Waals surface area contributed by atoms with Crippen molar-refractivity contribution in [1.82, 2.24) is 5.48 Å². The monoisotopic (exact) mass is 191 g/mol. The fourth-order valence-electron chi connectivity index (χ4n) is 0.568. The molecule has 0 heterocycles. The van der Waals surface area contributed by atoms with Crippen LogP contribution in [0.25, 0.3) is 0 Å². The molecule has 0 bridgehead atoms. The van der Waals surface area contributed by atoms with Crippen LogP contribution in [0.5, 0.6) is 0 Å². The minimum atomic E-state index is -1.59. The summed E-state index contributed by atoms with van der Waals surface area (Å²) in [6, 6.07) is 0. The first-order chi connectivity index (χ1) is 5.31. The Morgan fingerprint density at radius 3 is 2.17 bits per heavy atom. The summed E-state index contributed by atoms with van der Waals surface area (Å²) in [6.45, 7) is 12.1. The van der Waals surface area contributed by atoms with E-state index in [1.54, 1.807) is 0 Å². The van der Waals surface area contributed by atoms with E-state index in [0.717, 1.165) is 0 Å². The largest absolute Gasteiger partial charge is 0.415 e. The van der Waals surface area contributed by atoms with E-state index in [9.17, 15) is 0 Å². The number of rotatable bonds is 4. The van der Waals surface area contributed by atoms with Gasteiger partial charge in [-0.25, -0.2) is 5.48 Å². The lowest BCUT2D eigenvalue weighted by Crippen LogP contribution is -2.42. The molecule has 0 aliphatic carbocycles. The highest BCUT2D eigenvalue weighted by molar-refractivity contribution is 6.74. The van der Waals surface area contributed by atoms with Crippen LogP contribution in [0.3, 0.4) is 0 Å². The number of hydrogen-bond acceptors (Lipinski definition) is 3. The highest BCUT2D eigenvalue weighted by Crippen LogP contribution is 2.36. The molecule has 0 aliphatic heterocycles. The van der Waals surface area contributed by atoms with Crippen LogP contribution in [-0.4, -0.2) is 26.7 Å². The molecule has 0 spiro atoms. The summed E-state index contributed by atoms with van der Waals surface area (Å²) in [6.07, 6.45) is 0. The molecule has 0 atom stereocenters. The fraction of sp³-hybridized carbons (Fsp3) is 1.00. The minimum Gasteiger partial charge on any atom is -0.415 e. The lowest BCUT2D eigenvalue weighted by Gasteiger charge is -2.36. The molecule has 3 nitrogen and oxygen atoms in total. The minimum absolute atomic E-state index is 0.252. The molecule has 0 radical (unpaired) electrons. The number of nitrogens with one attached hydrogen (secondary N) is 1. The Hall–Kier alpha value is 0.0969. The summed E-state index contributed by atoms with van der Waals surface area (Å²) in [5.74, 6) is 0. The molecular formula is C8H21NO2Si. The van der Waals surface area contributed by atoms with Crippen molar-refractivity contribution in [2.24, 2.45) is 0 Å². The van der Waals surface area contributed by atoms with E-state index in [1.165, 1.54) is 0 Å². The first-order valence-corrected chi connectivity index (χ1v) is 7.23. The van der Waals surface area contributed by atoms with Crippen LogP contribution in [0.15, 0.2) is 0 Å². The molecule has 0 aromatic carbocycles. The second-order valence-corrected chi connectivity index (χ2v) is 9.33. The highest BCUT2D eigenvalue weighted by atomic mass is 28.4. The average Bonchev–Trinajstić information content (AvgIpc) is 1.85. The van der Waals surface area contributed by atoms with Crippen molar-refractivity contribution >= 4 is 8.32 Å². The molecule has 0 aromatic rings. The maximum absolute atomic E-state index is 8.35. The Morgan fingerprint density at radius 1 is 1.33 bits per heavy atom.